The van der Waals surface area contributed by atoms with E-state index in [9.17, 15) is 4.79 Å². The zero-order valence-electron chi connectivity index (χ0n) is 9.98. The number of carbonyl (C=O) groups is 1. The number of rotatable bonds is 2. The maximum absolute atomic E-state index is 12.5. The van der Waals surface area contributed by atoms with Gasteiger partial charge < -0.3 is 0 Å². The number of hydrogen-bond donors (Lipinski definition) is 0. The molecule has 3 heteroatoms. The van der Waals surface area contributed by atoms with E-state index in [1.54, 1.807) is 0 Å². The Morgan fingerprint density at radius 1 is 1.12 bits per heavy atom. The first-order chi connectivity index (χ1) is 8.34. The minimum Gasteiger partial charge on any atom is -0.297 e. The third-order valence-corrected chi connectivity index (χ3v) is 5.26. The fraction of sp³-hybridized carbons (Fsp3) is 0.500. The molecule has 1 heterocycles. The molecule has 0 spiro atoms. The molecular weight excluding hydrogens is 229 g/mol. The molecule has 2 nitrogen and oxygen atoms in total. The summed E-state index contributed by atoms with van der Waals surface area (Å²) < 4.78 is 0. The minimum absolute atomic E-state index is 0.273. The summed E-state index contributed by atoms with van der Waals surface area (Å²) in [6.45, 7) is 0. The van der Waals surface area contributed by atoms with E-state index in [1.165, 1.54) is 12.0 Å². The van der Waals surface area contributed by atoms with E-state index in [2.05, 4.69) is 29.2 Å². The monoisotopic (exact) mass is 247 g/mol. The lowest BCUT2D eigenvalue weighted by Gasteiger charge is -2.49. The van der Waals surface area contributed by atoms with Crippen molar-refractivity contribution in [1.29, 1.82) is 0 Å². The third kappa shape index (κ3) is 1.75. The Kier molecular flexibility index (Phi) is 3.02. The number of carbonyl (C=O) groups excluding carboxylic acids is 1. The lowest BCUT2D eigenvalue weighted by Crippen LogP contribution is -2.56. The Morgan fingerprint density at radius 3 is 2.47 bits per heavy atom. The van der Waals surface area contributed by atoms with Crippen molar-refractivity contribution in [2.45, 2.75) is 31.2 Å². The van der Waals surface area contributed by atoms with Gasteiger partial charge in [0.05, 0.1) is 0 Å². The molecule has 3 rings (SSSR count). The van der Waals surface area contributed by atoms with Gasteiger partial charge in [0.15, 0.2) is 5.78 Å². The van der Waals surface area contributed by atoms with Crippen molar-refractivity contribution in [2.24, 2.45) is 0 Å². The summed E-state index contributed by atoms with van der Waals surface area (Å²) in [4.78, 5) is 14.9. The quantitative estimate of drug-likeness (QED) is 0.749. The molecular formula is C14H18NOP. The largest absolute Gasteiger partial charge is 0.297 e. The van der Waals surface area contributed by atoms with Gasteiger partial charge >= 0.3 is 0 Å². The van der Waals surface area contributed by atoms with Gasteiger partial charge in [0, 0.05) is 19.0 Å². The molecule has 1 saturated carbocycles. The second-order valence-electron chi connectivity index (χ2n) is 4.96. The Hall–Kier alpha value is -0.720. The van der Waals surface area contributed by atoms with Crippen molar-refractivity contribution >= 4 is 14.4 Å². The van der Waals surface area contributed by atoms with Crippen LogP contribution in [0, 0.1) is 0 Å². The summed E-state index contributed by atoms with van der Waals surface area (Å²) in [7, 11) is 1.01. The van der Waals surface area contributed by atoms with Crippen molar-refractivity contribution in [3.63, 3.8) is 0 Å². The minimum atomic E-state index is -0.273. The van der Waals surface area contributed by atoms with Crippen LogP contribution in [0.3, 0.4) is 0 Å². The van der Waals surface area contributed by atoms with Crippen molar-refractivity contribution in [3.05, 3.63) is 35.9 Å². The topological polar surface area (TPSA) is 20.3 Å². The molecule has 0 amide bonds. The Labute approximate surface area is 104 Å². The van der Waals surface area contributed by atoms with Crippen LogP contribution in [-0.4, -0.2) is 23.3 Å². The zero-order valence-corrected chi connectivity index (χ0v) is 11.0. The van der Waals surface area contributed by atoms with E-state index >= 15 is 0 Å². The first kappa shape index (κ1) is 11.4. The summed E-state index contributed by atoms with van der Waals surface area (Å²) >= 11 is 0. The van der Waals surface area contributed by atoms with Crippen LogP contribution in [0.5, 0.6) is 0 Å². The third-order valence-electron chi connectivity index (χ3n) is 4.05. The molecule has 1 aromatic carbocycles. The van der Waals surface area contributed by atoms with Crippen LogP contribution in [0.25, 0.3) is 0 Å². The van der Waals surface area contributed by atoms with Crippen LogP contribution < -0.4 is 0 Å². The first-order valence-electron chi connectivity index (χ1n) is 6.39. The van der Waals surface area contributed by atoms with Crippen molar-refractivity contribution < 1.29 is 4.79 Å². The van der Waals surface area contributed by atoms with Gasteiger partial charge in [-0.2, -0.15) is 0 Å². The molecule has 1 saturated heterocycles. The Morgan fingerprint density at radius 2 is 1.88 bits per heavy atom. The normalized spacial score (nSPS) is 30.0. The second kappa shape index (κ2) is 4.51. The summed E-state index contributed by atoms with van der Waals surface area (Å²) in [6, 6.07) is 10.4. The van der Waals surface area contributed by atoms with Gasteiger partial charge in [-0.25, -0.2) is 0 Å². The van der Waals surface area contributed by atoms with Crippen LogP contribution in [0.1, 0.15) is 31.2 Å². The Bertz CT molecular complexity index is 415. The molecule has 1 atom stereocenters. The molecule has 2 fully saturated rings. The van der Waals surface area contributed by atoms with Crippen LogP contribution in [0.4, 0.5) is 0 Å². The fourth-order valence-corrected chi connectivity index (χ4v) is 4.03. The number of nitrogens with zero attached hydrogens (tertiary/aromatic N) is 1. The molecule has 1 aromatic rings. The highest BCUT2D eigenvalue weighted by atomic mass is 31.1. The predicted molar refractivity (Wildman–Crippen MR) is 71.5 cm³/mol. The van der Waals surface area contributed by atoms with Gasteiger partial charge in [-0.3, -0.25) is 9.69 Å². The maximum Gasteiger partial charge on any atom is 0.157 e. The van der Waals surface area contributed by atoms with Crippen molar-refractivity contribution in [1.82, 2.24) is 4.90 Å². The first-order valence-corrected chi connectivity index (χ1v) is 7.80. The van der Waals surface area contributed by atoms with Gasteiger partial charge in [0.25, 0.3) is 0 Å². The summed E-state index contributed by atoms with van der Waals surface area (Å²) in [5.41, 5.74) is 0.944. The van der Waals surface area contributed by atoms with Crippen LogP contribution in [-0.2, 0) is 10.3 Å². The molecule has 0 radical (unpaired) electrons. The van der Waals surface area contributed by atoms with Gasteiger partial charge in [-0.15, -0.1) is 0 Å². The molecule has 17 heavy (non-hydrogen) atoms. The summed E-state index contributed by atoms with van der Waals surface area (Å²) in [5, 5.41) is 0. The van der Waals surface area contributed by atoms with Gasteiger partial charge in [0.2, 0.25) is 0 Å². The Balaban J connectivity index is 2.03. The van der Waals surface area contributed by atoms with Crippen LogP contribution in [0.15, 0.2) is 30.3 Å². The molecule has 1 unspecified atom stereocenters. The van der Waals surface area contributed by atoms with E-state index in [1.807, 2.05) is 6.07 Å². The summed E-state index contributed by atoms with van der Waals surface area (Å²) in [5.74, 6) is 0.444. The number of ketones is 1. The van der Waals surface area contributed by atoms with Crippen LogP contribution >= 0.6 is 8.58 Å². The van der Waals surface area contributed by atoms with E-state index in [0.29, 0.717) is 5.78 Å². The average molecular weight is 247 g/mol. The van der Waals surface area contributed by atoms with E-state index in [-0.39, 0.29) is 5.54 Å². The van der Waals surface area contributed by atoms with E-state index in [0.717, 1.165) is 40.4 Å². The number of hydrogen-bond acceptors (Lipinski definition) is 2. The molecule has 1 aliphatic carbocycles. The average Bonchev–Trinajstić information content (AvgIpc) is 2.31. The SMILES string of the molecule is O=C1CCCCC1(c1ccccc1)N1CPC1. The molecule has 90 valence electrons. The van der Waals surface area contributed by atoms with Gasteiger partial charge in [0.1, 0.15) is 5.54 Å². The smallest absolute Gasteiger partial charge is 0.157 e. The fourth-order valence-electron chi connectivity index (χ4n) is 3.04. The second-order valence-corrected chi connectivity index (χ2v) is 6.10. The lowest BCUT2D eigenvalue weighted by atomic mass is 9.74. The lowest BCUT2D eigenvalue weighted by molar-refractivity contribution is -0.134. The predicted octanol–water partition coefficient (Wildman–Crippen LogP) is 2.93. The molecule has 0 aromatic heterocycles. The highest BCUT2D eigenvalue weighted by Gasteiger charge is 2.47. The van der Waals surface area contributed by atoms with Crippen LogP contribution in [0.2, 0.25) is 0 Å². The standard InChI is InChI=1S/C14H18NOP/c16-13-8-4-5-9-14(13,15-10-17-11-15)12-6-2-1-3-7-12/h1-3,6-7,17H,4-5,8-11H2. The molecule has 2 aliphatic rings. The highest BCUT2D eigenvalue weighted by molar-refractivity contribution is 7.39. The van der Waals surface area contributed by atoms with E-state index in [4.69, 9.17) is 0 Å². The number of benzene rings is 1. The van der Waals surface area contributed by atoms with Gasteiger partial charge in [-0.1, -0.05) is 45.3 Å². The van der Waals surface area contributed by atoms with Crippen molar-refractivity contribution in [3.8, 4) is 0 Å². The summed E-state index contributed by atoms with van der Waals surface area (Å²) in [6.07, 6.45) is 6.25. The maximum atomic E-state index is 12.5. The van der Waals surface area contributed by atoms with Gasteiger partial charge in [-0.05, 0) is 18.4 Å². The highest BCUT2D eigenvalue weighted by Crippen LogP contribution is 2.46. The zero-order chi connectivity index (χ0) is 11.7. The molecule has 0 bridgehead atoms. The number of Topliss-reactive ketones (excluding diaryl/α,β-unsaturated/α-hetero) is 1. The molecule has 1 aliphatic heterocycles. The van der Waals surface area contributed by atoms with E-state index < -0.39 is 0 Å². The molecule has 0 N–H and O–H groups in total. The van der Waals surface area contributed by atoms with Crippen molar-refractivity contribution in [2.75, 3.05) is 12.6 Å².